The number of nitrogens with zero attached hydrogens (tertiary/aromatic N) is 1. The number of rotatable bonds is 7. The third-order valence-electron chi connectivity index (χ3n) is 3.61. The molecule has 25 heavy (non-hydrogen) atoms. The molecule has 0 aliphatic heterocycles. The van der Waals surface area contributed by atoms with Crippen LogP contribution < -0.4 is 10.0 Å². The van der Waals surface area contributed by atoms with Crippen molar-refractivity contribution in [2.24, 2.45) is 5.92 Å². The molecule has 136 valence electrons. The molecular formula is C17H24N4O3S. The van der Waals surface area contributed by atoms with Crippen molar-refractivity contribution in [2.75, 3.05) is 5.32 Å². The summed E-state index contributed by atoms with van der Waals surface area (Å²) < 4.78 is 27.7. The second kappa shape index (κ2) is 7.79. The highest BCUT2D eigenvalue weighted by Gasteiger charge is 2.27. The number of anilines is 1. The Morgan fingerprint density at radius 1 is 1.20 bits per heavy atom. The number of aromatic nitrogens is 2. The maximum atomic E-state index is 12.6. The molecule has 0 aliphatic carbocycles. The molecule has 1 amide bonds. The van der Waals surface area contributed by atoms with Gasteiger partial charge in [-0.05, 0) is 38.3 Å². The fourth-order valence-corrected chi connectivity index (χ4v) is 3.56. The number of nitrogens with one attached hydrogen (secondary N) is 3. The fraction of sp³-hybridized carbons (Fsp3) is 0.412. The van der Waals surface area contributed by atoms with Crippen LogP contribution in [0.3, 0.4) is 0 Å². The first kappa shape index (κ1) is 19.1. The highest BCUT2D eigenvalue weighted by molar-refractivity contribution is 7.89. The van der Waals surface area contributed by atoms with Crippen LogP contribution in [0.2, 0.25) is 0 Å². The van der Waals surface area contributed by atoms with E-state index in [1.165, 1.54) is 12.1 Å². The van der Waals surface area contributed by atoms with Crippen molar-refractivity contribution in [3.63, 3.8) is 0 Å². The average molecular weight is 364 g/mol. The van der Waals surface area contributed by atoms with Crippen LogP contribution in [0.15, 0.2) is 35.2 Å². The van der Waals surface area contributed by atoms with Crippen molar-refractivity contribution in [1.29, 1.82) is 0 Å². The van der Waals surface area contributed by atoms with Gasteiger partial charge in [0.05, 0.1) is 4.90 Å². The molecule has 2 rings (SSSR count). The second-order valence-electron chi connectivity index (χ2n) is 6.54. The topological polar surface area (TPSA) is 104 Å². The van der Waals surface area contributed by atoms with Crippen molar-refractivity contribution in [3.8, 4) is 0 Å². The Morgan fingerprint density at radius 3 is 2.36 bits per heavy atom. The summed E-state index contributed by atoms with van der Waals surface area (Å²) in [5, 5.41) is 9.32. The minimum atomic E-state index is -3.79. The molecule has 7 nitrogen and oxygen atoms in total. The largest absolute Gasteiger partial charge is 0.308 e. The Morgan fingerprint density at radius 2 is 1.84 bits per heavy atom. The maximum Gasteiger partial charge on any atom is 0.243 e. The van der Waals surface area contributed by atoms with Crippen LogP contribution in [0, 0.1) is 19.8 Å². The molecule has 0 spiro atoms. The van der Waals surface area contributed by atoms with Gasteiger partial charge in [-0.1, -0.05) is 31.5 Å². The standard InChI is InChI=1S/C17H24N4O3S/c1-11(2)9-15(17(22)18-16-10-13(4)19-20-16)21-25(23,24)14-7-5-12(3)6-8-14/h5-8,10-11,15,21H,9H2,1-4H3,(H2,18,19,20,22). The summed E-state index contributed by atoms with van der Waals surface area (Å²) in [4.78, 5) is 12.7. The molecule has 2 aromatic rings. The lowest BCUT2D eigenvalue weighted by molar-refractivity contribution is -0.118. The van der Waals surface area contributed by atoms with Gasteiger partial charge in [0, 0.05) is 11.8 Å². The Labute approximate surface area is 148 Å². The van der Waals surface area contributed by atoms with Gasteiger partial charge >= 0.3 is 0 Å². The highest BCUT2D eigenvalue weighted by Crippen LogP contribution is 2.14. The second-order valence-corrected chi connectivity index (χ2v) is 8.26. The Bertz CT molecular complexity index is 826. The van der Waals surface area contributed by atoms with Gasteiger partial charge in [0.2, 0.25) is 15.9 Å². The van der Waals surface area contributed by atoms with E-state index in [1.807, 2.05) is 27.7 Å². The summed E-state index contributed by atoms with van der Waals surface area (Å²) in [6.45, 7) is 7.55. The van der Waals surface area contributed by atoms with Gasteiger partial charge in [0.15, 0.2) is 5.82 Å². The SMILES string of the molecule is Cc1ccc(S(=O)(=O)NC(CC(C)C)C(=O)Nc2cc(C)[nH]n2)cc1. The van der Waals surface area contributed by atoms with Crippen LogP contribution >= 0.6 is 0 Å². The van der Waals surface area contributed by atoms with Crippen molar-refractivity contribution >= 4 is 21.7 Å². The van der Waals surface area contributed by atoms with E-state index in [4.69, 9.17) is 0 Å². The van der Waals surface area contributed by atoms with Crippen LogP contribution in [0.1, 0.15) is 31.5 Å². The number of aromatic amines is 1. The van der Waals surface area contributed by atoms with E-state index < -0.39 is 22.0 Å². The van der Waals surface area contributed by atoms with Gasteiger partial charge < -0.3 is 5.32 Å². The molecule has 0 bridgehead atoms. The van der Waals surface area contributed by atoms with Crippen molar-refractivity contribution in [3.05, 3.63) is 41.6 Å². The number of amides is 1. The third kappa shape index (κ3) is 5.40. The van der Waals surface area contributed by atoms with E-state index in [0.717, 1.165) is 11.3 Å². The Balaban J connectivity index is 2.18. The summed E-state index contributed by atoms with van der Waals surface area (Å²) in [7, 11) is -3.79. The Kier molecular flexibility index (Phi) is 5.97. The number of benzene rings is 1. The predicted molar refractivity (Wildman–Crippen MR) is 96.7 cm³/mol. The van der Waals surface area contributed by atoms with E-state index in [2.05, 4.69) is 20.2 Å². The lowest BCUT2D eigenvalue weighted by atomic mass is 10.0. The van der Waals surface area contributed by atoms with Gasteiger partial charge in [-0.25, -0.2) is 8.42 Å². The summed E-state index contributed by atoms with van der Waals surface area (Å²) in [6.07, 6.45) is 0.375. The predicted octanol–water partition coefficient (Wildman–Crippen LogP) is 2.36. The monoisotopic (exact) mass is 364 g/mol. The molecule has 1 atom stereocenters. The smallest absolute Gasteiger partial charge is 0.243 e. The molecule has 8 heteroatoms. The molecular weight excluding hydrogens is 340 g/mol. The van der Waals surface area contributed by atoms with E-state index in [0.29, 0.717) is 12.2 Å². The number of carbonyl (C=O) groups is 1. The Hall–Kier alpha value is -2.19. The van der Waals surface area contributed by atoms with Crippen molar-refractivity contribution in [1.82, 2.24) is 14.9 Å². The minimum absolute atomic E-state index is 0.135. The van der Waals surface area contributed by atoms with E-state index >= 15 is 0 Å². The third-order valence-corrected chi connectivity index (χ3v) is 5.10. The zero-order valence-corrected chi connectivity index (χ0v) is 15.6. The molecule has 1 unspecified atom stereocenters. The summed E-state index contributed by atoms with van der Waals surface area (Å²) >= 11 is 0. The first-order valence-electron chi connectivity index (χ1n) is 8.09. The number of hydrogen-bond donors (Lipinski definition) is 3. The maximum absolute atomic E-state index is 12.6. The molecule has 1 aromatic carbocycles. The normalized spacial score (nSPS) is 13.0. The van der Waals surface area contributed by atoms with Crippen LogP contribution in [0.4, 0.5) is 5.82 Å². The van der Waals surface area contributed by atoms with Gasteiger partial charge in [0.1, 0.15) is 6.04 Å². The van der Waals surface area contributed by atoms with E-state index in [9.17, 15) is 13.2 Å². The fourth-order valence-electron chi connectivity index (χ4n) is 2.35. The highest BCUT2D eigenvalue weighted by atomic mass is 32.2. The lowest BCUT2D eigenvalue weighted by Gasteiger charge is -2.19. The molecule has 1 heterocycles. The van der Waals surface area contributed by atoms with Crippen LogP contribution in [-0.2, 0) is 14.8 Å². The van der Waals surface area contributed by atoms with Gasteiger partial charge in [-0.3, -0.25) is 9.89 Å². The van der Waals surface area contributed by atoms with Crippen molar-refractivity contribution < 1.29 is 13.2 Å². The van der Waals surface area contributed by atoms with Crippen LogP contribution in [-0.4, -0.2) is 30.6 Å². The number of hydrogen-bond acceptors (Lipinski definition) is 4. The average Bonchev–Trinajstić information content (AvgIpc) is 2.91. The summed E-state index contributed by atoms with van der Waals surface area (Å²) in [6, 6.07) is 7.29. The number of sulfonamides is 1. The molecule has 3 N–H and O–H groups in total. The van der Waals surface area contributed by atoms with Crippen LogP contribution in [0.5, 0.6) is 0 Å². The zero-order valence-electron chi connectivity index (χ0n) is 14.8. The van der Waals surface area contributed by atoms with E-state index in [-0.39, 0.29) is 10.8 Å². The van der Waals surface area contributed by atoms with Gasteiger partial charge in [0.25, 0.3) is 0 Å². The number of H-pyrrole nitrogens is 1. The van der Waals surface area contributed by atoms with Crippen molar-refractivity contribution in [2.45, 2.75) is 45.1 Å². The molecule has 0 fully saturated rings. The number of carbonyl (C=O) groups excluding carboxylic acids is 1. The molecule has 0 saturated carbocycles. The molecule has 0 radical (unpaired) electrons. The van der Waals surface area contributed by atoms with Gasteiger partial charge in [-0.2, -0.15) is 9.82 Å². The quantitative estimate of drug-likeness (QED) is 0.701. The molecule has 0 saturated heterocycles. The summed E-state index contributed by atoms with van der Waals surface area (Å²) in [5.41, 5.74) is 1.76. The minimum Gasteiger partial charge on any atom is -0.308 e. The first-order valence-corrected chi connectivity index (χ1v) is 9.57. The lowest BCUT2D eigenvalue weighted by Crippen LogP contribution is -2.44. The molecule has 1 aromatic heterocycles. The number of aryl methyl sites for hydroxylation is 2. The molecule has 0 aliphatic rings. The van der Waals surface area contributed by atoms with Gasteiger partial charge in [-0.15, -0.1) is 0 Å². The zero-order chi connectivity index (χ0) is 18.6. The van der Waals surface area contributed by atoms with Crippen LogP contribution in [0.25, 0.3) is 0 Å². The summed E-state index contributed by atoms with van der Waals surface area (Å²) in [5.74, 6) is 0.0686. The first-order chi connectivity index (χ1) is 11.7. The van der Waals surface area contributed by atoms with E-state index in [1.54, 1.807) is 18.2 Å².